The molecule has 1 aromatic rings. The van der Waals surface area contributed by atoms with Gasteiger partial charge in [0.2, 0.25) is 0 Å². The molecular weight excluding hydrogens is 252 g/mol. The Bertz CT molecular complexity index is 425. The SMILES string of the molecule is CC(C)n1nc(C(=O)O)cc(Br)c1=O. The van der Waals surface area contributed by atoms with Gasteiger partial charge in [0.25, 0.3) is 5.56 Å². The summed E-state index contributed by atoms with van der Waals surface area (Å²) in [6.45, 7) is 3.51. The monoisotopic (exact) mass is 260 g/mol. The Hall–Kier alpha value is -1.17. The predicted molar refractivity (Wildman–Crippen MR) is 53.5 cm³/mol. The lowest BCUT2D eigenvalue weighted by atomic mass is 10.3. The van der Waals surface area contributed by atoms with Crippen LogP contribution in [0, 0.1) is 0 Å². The van der Waals surface area contributed by atoms with Crippen molar-refractivity contribution in [2.75, 3.05) is 0 Å². The highest BCUT2D eigenvalue weighted by molar-refractivity contribution is 9.10. The van der Waals surface area contributed by atoms with Crippen molar-refractivity contribution in [1.29, 1.82) is 0 Å². The average Bonchev–Trinajstić information content (AvgIpc) is 2.08. The fourth-order valence-corrected chi connectivity index (χ4v) is 1.33. The van der Waals surface area contributed by atoms with Crippen LogP contribution in [0.5, 0.6) is 0 Å². The molecule has 0 saturated carbocycles. The molecular formula is C8H9BrN2O3. The van der Waals surface area contributed by atoms with E-state index in [2.05, 4.69) is 21.0 Å². The first-order chi connectivity index (χ1) is 6.43. The molecule has 1 heterocycles. The molecule has 76 valence electrons. The number of carboxylic acids is 1. The van der Waals surface area contributed by atoms with Crippen molar-refractivity contribution < 1.29 is 9.90 Å². The van der Waals surface area contributed by atoms with Crippen LogP contribution in [0.1, 0.15) is 30.4 Å². The Labute approximate surface area is 88.5 Å². The molecule has 0 spiro atoms. The van der Waals surface area contributed by atoms with E-state index in [1.165, 1.54) is 6.07 Å². The summed E-state index contributed by atoms with van der Waals surface area (Å²) in [6.07, 6.45) is 0. The second-order valence-electron chi connectivity index (χ2n) is 3.03. The molecule has 0 bridgehead atoms. The summed E-state index contributed by atoms with van der Waals surface area (Å²) >= 11 is 3.00. The van der Waals surface area contributed by atoms with Gasteiger partial charge in [-0.2, -0.15) is 5.10 Å². The summed E-state index contributed by atoms with van der Waals surface area (Å²) in [6, 6.07) is 1.03. The normalized spacial score (nSPS) is 10.6. The Balaban J connectivity index is 3.43. The minimum atomic E-state index is -1.15. The van der Waals surface area contributed by atoms with E-state index in [1.54, 1.807) is 13.8 Å². The number of aromatic nitrogens is 2. The molecule has 0 aromatic carbocycles. The molecule has 0 aliphatic carbocycles. The minimum Gasteiger partial charge on any atom is -0.476 e. The number of hydrogen-bond donors (Lipinski definition) is 1. The first-order valence-corrected chi connectivity index (χ1v) is 4.75. The molecule has 1 N–H and O–H groups in total. The van der Waals surface area contributed by atoms with E-state index in [0.29, 0.717) is 0 Å². The smallest absolute Gasteiger partial charge is 0.356 e. The summed E-state index contributed by atoms with van der Waals surface area (Å²) in [5.74, 6) is -1.15. The number of carbonyl (C=O) groups is 1. The van der Waals surface area contributed by atoms with Crippen molar-refractivity contribution >= 4 is 21.9 Å². The van der Waals surface area contributed by atoms with E-state index in [1.807, 2.05) is 0 Å². The minimum absolute atomic E-state index is 0.148. The van der Waals surface area contributed by atoms with Crippen LogP contribution in [0.25, 0.3) is 0 Å². The number of hydrogen-bond acceptors (Lipinski definition) is 3. The van der Waals surface area contributed by atoms with Gasteiger partial charge in [-0.15, -0.1) is 0 Å². The zero-order chi connectivity index (χ0) is 10.9. The van der Waals surface area contributed by atoms with Gasteiger partial charge in [-0.1, -0.05) is 0 Å². The number of halogens is 1. The van der Waals surface area contributed by atoms with Gasteiger partial charge in [0.1, 0.15) is 0 Å². The van der Waals surface area contributed by atoms with Gasteiger partial charge >= 0.3 is 5.97 Å². The quantitative estimate of drug-likeness (QED) is 0.870. The molecule has 0 saturated heterocycles. The standard InChI is InChI=1S/C8H9BrN2O3/c1-4(2)11-7(12)5(9)3-6(10-11)8(13)14/h3-4H,1-2H3,(H,13,14). The molecule has 0 unspecified atom stereocenters. The molecule has 0 radical (unpaired) electrons. The number of rotatable bonds is 2. The molecule has 6 heteroatoms. The van der Waals surface area contributed by atoms with Crippen molar-refractivity contribution in [1.82, 2.24) is 9.78 Å². The van der Waals surface area contributed by atoms with Crippen molar-refractivity contribution in [3.8, 4) is 0 Å². The maximum Gasteiger partial charge on any atom is 0.356 e. The number of aromatic carboxylic acids is 1. The van der Waals surface area contributed by atoms with Gasteiger partial charge in [0, 0.05) is 0 Å². The molecule has 1 aromatic heterocycles. The third-order valence-corrected chi connectivity index (χ3v) is 2.17. The summed E-state index contributed by atoms with van der Waals surface area (Å²) in [7, 11) is 0. The van der Waals surface area contributed by atoms with E-state index in [-0.39, 0.29) is 21.8 Å². The first-order valence-electron chi connectivity index (χ1n) is 3.96. The Morgan fingerprint density at radius 2 is 2.21 bits per heavy atom. The van der Waals surface area contributed by atoms with Gasteiger partial charge in [0.15, 0.2) is 5.69 Å². The van der Waals surface area contributed by atoms with Gasteiger partial charge < -0.3 is 5.11 Å². The molecule has 1 rings (SSSR count). The van der Waals surface area contributed by atoms with Crippen LogP contribution < -0.4 is 5.56 Å². The van der Waals surface area contributed by atoms with Crippen molar-refractivity contribution in [3.63, 3.8) is 0 Å². The van der Waals surface area contributed by atoms with Crippen molar-refractivity contribution in [2.24, 2.45) is 0 Å². The highest BCUT2D eigenvalue weighted by Crippen LogP contribution is 2.07. The molecule has 0 atom stereocenters. The summed E-state index contributed by atoms with van der Waals surface area (Å²) < 4.78 is 1.34. The second-order valence-corrected chi connectivity index (χ2v) is 3.88. The highest BCUT2D eigenvalue weighted by atomic mass is 79.9. The van der Waals surface area contributed by atoms with Gasteiger partial charge in [-0.05, 0) is 35.8 Å². The highest BCUT2D eigenvalue weighted by Gasteiger charge is 2.12. The van der Waals surface area contributed by atoms with E-state index in [4.69, 9.17) is 5.11 Å². The lowest BCUT2D eigenvalue weighted by Gasteiger charge is -2.08. The van der Waals surface area contributed by atoms with Gasteiger partial charge in [0.05, 0.1) is 10.5 Å². The zero-order valence-electron chi connectivity index (χ0n) is 7.69. The van der Waals surface area contributed by atoms with Crippen LogP contribution in [-0.4, -0.2) is 20.9 Å². The fourth-order valence-electron chi connectivity index (χ4n) is 0.936. The van der Waals surface area contributed by atoms with Crippen LogP contribution in [0.15, 0.2) is 15.3 Å². The first kappa shape index (κ1) is 10.9. The summed E-state index contributed by atoms with van der Waals surface area (Å²) in [4.78, 5) is 22.1. The maximum atomic E-state index is 11.4. The number of nitrogens with zero attached hydrogens (tertiary/aromatic N) is 2. The number of carboxylic acid groups (broad SMARTS) is 1. The Morgan fingerprint density at radius 1 is 1.64 bits per heavy atom. The lowest BCUT2D eigenvalue weighted by Crippen LogP contribution is -2.27. The van der Waals surface area contributed by atoms with Crippen molar-refractivity contribution in [2.45, 2.75) is 19.9 Å². The van der Waals surface area contributed by atoms with Crippen LogP contribution in [0.4, 0.5) is 0 Å². The van der Waals surface area contributed by atoms with E-state index < -0.39 is 5.97 Å². The van der Waals surface area contributed by atoms with Gasteiger partial charge in [-0.3, -0.25) is 4.79 Å². The predicted octanol–water partition coefficient (Wildman–Crippen LogP) is 1.28. The van der Waals surface area contributed by atoms with Gasteiger partial charge in [-0.25, -0.2) is 9.48 Å². The Morgan fingerprint density at radius 3 is 2.64 bits per heavy atom. The molecule has 0 amide bonds. The third kappa shape index (κ3) is 2.01. The van der Waals surface area contributed by atoms with Crippen LogP contribution in [0.3, 0.4) is 0 Å². The van der Waals surface area contributed by atoms with Crippen LogP contribution >= 0.6 is 15.9 Å². The third-order valence-electron chi connectivity index (χ3n) is 1.60. The topological polar surface area (TPSA) is 72.2 Å². The van der Waals surface area contributed by atoms with E-state index >= 15 is 0 Å². The van der Waals surface area contributed by atoms with Crippen LogP contribution in [0.2, 0.25) is 0 Å². The van der Waals surface area contributed by atoms with E-state index in [0.717, 1.165) is 4.68 Å². The second kappa shape index (κ2) is 3.91. The maximum absolute atomic E-state index is 11.4. The lowest BCUT2D eigenvalue weighted by molar-refractivity contribution is 0.0687. The molecule has 0 aliphatic rings. The van der Waals surface area contributed by atoms with E-state index in [9.17, 15) is 9.59 Å². The summed E-state index contributed by atoms with van der Waals surface area (Å²) in [5.41, 5.74) is -0.477. The Kier molecular flexibility index (Phi) is 3.05. The largest absolute Gasteiger partial charge is 0.476 e. The average molecular weight is 261 g/mol. The van der Waals surface area contributed by atoms with Crippen LogP contribution in [-0.2, 0) is 0 Å². The van der Waals surface area contributed by atoms with Crippen molar-refractivity contribution in [3.05, 3.63) is 26.6 Å². The zero-order valence-corrected chi connectivity index (χ0v) is 9.28. The molecule has 0 fully saturated rings. The summed E-state index contributed by atoms with van der Waals surface area (Å²) in [5, 5.41) is 12.4. The fraction of sp³-hybridized carbons (Fsp3) is 0.375. The molecule has 5 nitrogen and oxygen atoms in total. The molecule has 0 aliphatic heterocycles. The molecule has 14 heavy (non-hydrogen) atoms.